The minimum absolute atomic E-state index is 0.111. The van der Waals surface area contributed by atoms with Gasteiger partial charge in [-0.05, 0) is 30.5 Å². The maximum absolute atomic E-state index is 12.8. The van der Waals surface area contributed by atoms with E-state index in [0.29, 0.717) is 22.9 Å². The molecule has 0 radical (unpaired) electrons. The van der Waals surface area contributed by atoms with Crippen LogP contribution in [0.15, 0.2) is 30.5 Å². The number of benzene rings is 1. The molecule has 0 aliphatic rings. The van der Waals surface area contributed by atoms with Crippen LogP contribution in [0.3, 0.4) is 0 Å². The Morgan fingerprint density at radius 2 is 1.96 bits per heavy atom. The summed E-state index contributed by atoms with van der Waals surface area (Å²) in [4.78, 5) is 36.7. The molecule has 1 unspecified atom stereocenters. The second-order valence-electron chi connectivity index (χ2n) is 6.47. The summed E-state index contributed by atoms with van der Waals surface area (Å²) >= 11 is 0. The minimum atomic E-state index is -0.735. The molecular formula is C19H22N4O3. The fourth-order valence-electron chi connectivity index (χ4n) is 2.83. The molecule has 0 saturated heterocycles. The van der Waals surface area contributed by atoms with E-state index in [4.69, 9.17) is 5.26 Å². The van der Waals surface area contributed by atoms with Crippen molar-refractivity contribution in [2.24, 2.45) is 5.92 Å². The molecule has 1 atom stereocenters. The molecule has 2 aromatic rings. The summed E-state index contributed by atoms with van der Waals surface area (Å²) < 4.78 is 1.47. The first-order chi connectivity index (χ1) is 12.3. The Morgan fingerprint density at radius 1 is 1.23 bits per heavy atom. The van der Waals surface area contributed by atoms with Crippen LogP contribution < -0.4 is 10.6 Å². The van der Waals surface area contributed by atoms with Gasteiger partial charge in [-0.2, -0.15) is 5.26 Å². The SMILES string of the molecule is CC(=O)n1ccc2c(C(=O)NC(CC(C)C)C(=O)NCC#N)cccc21. The highest BCUT2D eigenvalue weighted by atomic mass is 16.2. The lowest BCUT2D eigenvalue weighted by Crippen LogP contribution is -2.47. The number of aromatic nitrogens is 1. The molecule has 0 aliphatic carbocycles. The van der Waals surface area contributed by atoms with Crippen LogP contribution in [-0.2, 0) is 4.79 Å². The van der Waals surface area contributed by atoms with Crippen molar-refractivity contribution in [1.29, 1.82) is 5.26 Å². The monoisotopic (exact) mass is 354 g/mol. The molecule has 1 aromatic carbocycles. The molecule has 2 N–H and O–H groups in total. The first-order valence-corrected chi connectivity index (χ1v) is 8.41. The molecule has 0 aliphatic heterocycles. The van der Waals surface area contributed by atoms with Gasteiger partial charge in [0.15, 0.2) is 0 Å². The lowest BCUT2D eigenvalue weighted by molar-refractivity contribution is -0.123. The second-order valence-corrected chi connectivity index (χ2v) is 6.47. The molecule has 1 aromatic heterocycles. The number of amides is 2. The van der Waals surface area contributed by atoms with Crippen LogP contribution in [0.4, 0.5) is 0 Å². The molecule has 0 saturated carbocycles. The predicted molar refractivity (Wildman–Crippen MR) is 97.6 cm³/mol. The molecule has 1 heterocycles. The summed E-state index contributed by atoms with van der Waals surface area (Å²) in [6.45, 7) is 5.24. The Labute approximate surface area is 152 Å². The Balaban J connectivity index is 2.29. The maximum Gasteiger partial charge on any atom is 0.252 e. The summed E-state index contributed by atoms with van der Waals surface area (Å²) in [7, 11) is 0. The zero-order valence-electron chi connectivity index (χ0n) is 15.1. The third-order valence-corrected chi connectivity index (χ3v) is 3.99. The highest BCUT2D eigenvalue weighted by Gasteiger charge is 2.23. The average Bonchev–Trinajstić information content (AvgIpc) is 3.02. The standard InChI is InChI=1S/C19H22N4O3/c1-12(2)11-16(19(26)21-9-8-20)22-18(25)15-5-4-6-17-14(15)7-10-23(17)13(3)24/h4-7,10,12,16H,9,11H2,1-3H3,(H,21,26)(H,22,25). The molecular weight excluding hydrogens is 332 g/mol. The van der Waals surface area contributed by atoms with Gasteiger partial charge in [-0.25, -0.2) is 0 Å². The quantitative estimate of drug-likeness (QED) is 0.775. The topological polar surface area (TPSA) is 104 Å². The van der Waals surface area contributed by atoms with E-state index in [9.17, 15) is 14.4 Å². The van der Waals surface area contributed by atoms with Crippen LogP contribution in [0.25, 0.3) is 10.9 Å². The van der Waals surface area contributed by atoms with E-state index in [2.05, 4.69) is 10.6 Å². The summed E-state index contributed by atoms with van der Waals surface area (Å²) in [6.07, 6.45) is 2.07. The number of carbonyl (C=O) groups is 3. The number of fused-ring (bicyclic) bond motifs is 1. The van der Waals surface area contributed by atoms with Gasteiger partial charge in [-0.15, -0.1) is 0 Å². The van der Waals surface area contributed by atoms with E-state index in [-0.39, 0.29) is 24.3 Å². The molecule has 7 nitrogen and oxygen atoms in total. The Morgan fingerprint density at radius 3 is 2.58 bits per heavy atom. The molecule has 26 heavy (non-hydrogen) atoms. The number of carbonyl (C=O) groups excluding carboxylic acids is 3. The van der Waals surface area contributed by atoms with Gasteiger partial charge >= 0.3 is 0 Å². The molecule has 0 fully saturated rings. The lowest BCUT2D eigenvalue weighted by atomic mass is 10.0. The van der Waals surface area contributed by atoms with Crippen molar-refractivity contribution in [2.75, 3.05) is 6.54 Å². The van der Waals surface area contributed by atoms with Crippen LogP contribution in [0.1, 0.15) is 42.3 Å². The fourth-order valence-corrected chi connectivity index (χ4v) is 2.83. The molecule has 0 spiro atoms. The average molecular weight is 354 g/mol. The maximum atomic E-state index is 12.8. The number of hydrogen-bond acceptors (Lipinski definition) is 4. The van der Waals surface area contributed by atoms with Gasteiger partial charge in [-0.3, -0.25) is 19.0 Å². The minimum Gasteiger partial charge on any atom is -0.341 e. The van der Waals surface area contributed by atoms with Gasteiger partial charge < -0.3 is 10.6 Å². The number of hydrogen-bond donors (Lipinski definition) is 2. The molecule has 7 heteroatoms. The lowest BCUT2D eigenvalue weighted by Gasteiger charge is -2.19. The van der Waals surface area contributed by atoms with Gasteiger partial charge in [0.2, 0.25) is 11.8 Å². The second kappa shape index (κ2) is 8.30. The number of nitrogens with one attached hydrogen (secondary N) is 2. The third kappa shape index (κ3) is 4.28. The van der Waals surface area contributed by atoms with E-state index >= 15 is 0 Å². The summed E-state index contributed by atoms with van der Waals surface area (Å²) in [5.74, 6) is -0.745. The van der Waals surface area contributed by atoms with Crippen molar-refractivity contribution in [3.05, 3.63) is 36.0 Å². The van der Waals surface area contributed by atoms with Crippen LogP contribution in [0.5, 0.6) is 0 Å². The normalized spacial score (nSPS) is 11.8. The smallest absolute Gasteiger partial charge is 0.252 e. The third-order valence-electron chi connectivity index (χ3n) is 3.99. The van der Waals surface area contributed by atoms with Crippen LogP contribution >= 0.6 is 0 Å². The van der Waals surface area contributed by atoms with Crippen molar-refractivity contribution in [2.45, 2.75) is 33.2 Å². The zero-order chi connectivity index (χ0) is 19.3. The van der Waals surface area contributed by atoms with E-state index in [0.717, 1.165) is 0 Å². The van der Waals surface area contributed by atoms with Crippen LogP contribution in [0, 0.1) is 17.2 Å². The summed E-state index contributed by atoms with van der Waals surface area (Å²) in [5, 5.41) is 14.5. The number of rotatable bonds is 6. The Bertz CT molecular complexity index is 877. The molecule has 0 bridgehead atoms. The zero-order valence-corrected chi connectivity index (χ0v) is 15.1. The highest BCUT2D eigenvalue weighted by molar-refractivity contribution is 6.09. The molecule has 2 rings (SSSR count). The van der Waals surface area contributed by atoms with Crippen molar-refractivity contribution in [1.82, 2.24) is 15.2 Å². The summed E-state index contributed by atoms with van der Waals surface area (Å²) in [6, 6.07) is 7.94. The van der Waals surface area contributed by atoms with E-state index < -0.39 is 11.9 Å². The van der Waals surface area contributed by atoms with Crippen LogP contribution in [0.2, 0.25) is 0 Å². The fraction of sp³-hybridized carbons (Fsp3) is 0.368. The van der Waals surface area contributed by atoms with Crippen molar-refractivity contribution < 1.29 is 14.4 Å². The van der Waals surface area contributed by atoms with Gasteiger partial charge in [-0.1, -0.05) is 19.9 Å². The molecule has 2 amide bonds. The van der Waals surface area contributed by atoms with Gasteiger partial charge in [0, 0.05) is 24.1 Å². The number of nitriles is 1. The van der Waals surface area contributed by atoms with Gasteiger partial charge in [0.1, 0.15) is 12.6 Å². The first kappa shape index (κ1) is 19.2. The summed E-state index contributed by atoms with van der Waals surface area (Å²) in [5.41, 5.74) is 1.03. The Kier molecular flexibility index (Phi) is 6.12. The van der Waals surface area contributed by atoms with E-state index in [1.807, 2.05) is 19.9 Å². The molecule has 136 valence electrons. The number of nitrogens with zero attached hydrogens (tertiary/aromatic N) is 2. The van der Waals surface area contributed by atoms with Gasteiger partial charge in [0.05, 0.1) is 11.6 Å². The van der Waals surface area contributed by atoms with Gasteiger partial charge in [0.25, 0.3) is 5.91 Å². The Hall–Kier alpha value is -3.14. The highest BCUT2D eigenvalue weighted by Crippen LogP contribution is 2.20. The van der Waals surface area contributed by atoms with Crippen LogP contribution in [-0.4, -0.2) is 34.9 Å². The first-order valence-electron chi connectivity index (χ1n) is 8.41. The van der Waals surface area contributed by atoms with Crippen molar-refractivity contribution >= 4 is 28.6 Å². The van der Waals surface area contributed by atoms with E-state index in [1.165, 1.54) is 11.5 Å². The van der Waals surface area contributed by atoms with E-state index in [1.54, 1.807) is 30.5 Å². The van der Waals surface area contributed by atoms with Crippen molar-refractivity contribution in [3.8, 4) is 6.07 Å². The largest absolute Gasteiger partial charge is 0.341 e. The predicted octanol–water partition coefficient (Wildman–Crippen LogP) is 2.09. The van der Waals surface area contributed by atoms with Crippen molar-refractivity contribution in [3.63, 3.8) is 0 Å².